The van der Waals surface area contributed by atoms with Crippen LogP contribution in [0.4, 0.5) is 0 Å². The van der Waals surface area contributed by atoms with Crippen molar-refractivity contribution in [3.8, 4) is 0 Å². The number of piperidine rings is 1. The van der Waals surface area contributed by atoms with Crippen LogP contribution in [0.3, 0.4) is 0 Å². The fourth-order valence-corrected chi connectivity index (χ4v) is 1.07. The van der Waals surface area contributed by atoms with Crippen LogP contribution in [0.25, 0.3) is 0 Å². The summed E-state index contributed by atoms with van der Waals surface area (Å²) in [5.41, 5.74) is 0. The zero-order valence-electron chi connectivity index (χ0n) is 6.08. The highest BCUT2D eigenvalue weighted by atomic mass is 35.5. The average Bonchev–Trinajstić information content (AvgIpc) is 1.90. The molecule has 0 radical (unpaired) electrons. The number of halogens is 2. The summed E-state index contributed by atoms with van der Waals surface area (Å²) in [5, 5.41) is 11.6. The molecule has 0 amide bonds. The van der Waals surface area contributed by atoms with Gasteiger partial charge in [0.05, 0.1) is 5.92 Å². The van der Waals surface area contributed by atoms with E-state index in [0.717, 1.165) is 25.9 Å². The zero-order valence-corrected chi connectivity index (χ0v) is 7.71. The quantitative estimate of drug-likeness (QED) is 0.664. The third-order valence-corrected chi connectivity index (χ3v) is 1.69. The number of aliphatic carboxylic acids is 1. The maximum absolute atomic E-state index is 10.3. The van der Waals surface area contributed by atoms with E-state index in [4.69, 9.17) is 5.11 Å². The summed E-state index contributed by atoms with van der Waals surface area (Å²) >= 11 is 0. The van der Waals surface area contributed by atoms with E-state index in [0.29, 0.717) is 0 Å². The molecule has 1 rings (SSSR count). The second-order valence-electron chi connectivity index (χ2n) is 2.36. The molecule has 1 aliphatic heterocycles. The predicted octanol–water partition coefficient (Wildman–Crippen LogP) is 0.914. The molecule has 2 N–H and O–H groups in total. The first-order valence-electron chi connectivity index (χ1n) is 3.24. The molecule has 0 aliphatic carbocycles. The maximum atomic E-state index is 10.3. The minimum Gasteiger partial charge on any atom is -0.481 e. The zero-order chi connectivity index (χ0) is 6.69. The number of rotatable bonds is 1. The molecular formula is C6H13Cl2NO2. The molecule has 5 heteroatoms. The molecule has 1 heterocycles. The van der Waals surface area contributed by atoms with Gasteiger partial charge in [0.2, 0.25) is 0 Å². The first-order valence-corrected chi connectivity index (χ1v) is 3.24. The van der Waals surface area contributed by atoms with Crippen molar-refractivity contribution in [1.82, 2.24) is 5.32 Å². The van der Waals surface area contributed by atoms with E-state index < -0.39 is 5.97 Å². The van der Waals surface area contributed by atoms with Crippen LogP contribution < -0.4 is 5.32 Å². The summed E-state index contributed by atoms with van der Waals surface area (Å²) in [6.07, 6.45) is 1.57. The van der Waals surface area contributed by atoms with Gasteiger partial charge in [0.15, 0.2) is 0 Å². The van der Waals surface area contributed by atoms with E-state index in [2.05, 4.69) is 5.32 Å². The Bertz CT molecular complexity index is 115. The summed E-state index contributed by atoms with van der Waals surface area (Å²) in [7, 11) is 0. The van der Waals surface area contributed by atoms with Gasteiger partial charge in [-0.3, -0.25) is 4.79 Å². The third-order valence-electron chi connectivity index (χ3n) is 1.69. The Morgan fingerprint density at radius 2 is 1.73 bits per heavy atom. The largest absolute Gasteiger partial charge is 0.481 e. The number of carboxylic acids is 1. The van der Waals surface area contributed by atoms with E-state index in [1.54, 1.807) is 0 Å². The first kappa shape index (κ1) is 13.6. The minimum absolute atomic E-state index is 0. The molecule has 0 spiro atoms. The normalized spacial score (nSPS) is 17.8. The average molecular weight is 202 g/mol. The molecule has 1 aliphatic rings. The summed E-state index contributed by atoms with van der Waals surface area (Å²) in [4.78, 5) is 10.3. The Balaban J connectivity index is 0. The topological polar surface area (TPSA) is 49.3 Å². The van der Waals surface area contributed by atoms with Crippen molar-refractivity contribution in [3.63, 3.8) is 0 Å². The highest BCUT2D eigenvalue weighted by Gasteiger charge is 2.18. The maximum Gasteiger partial charge on any atom is 0.306 e. The lowest BCUT2D eigenvalue weighted by atomic mass is 9.99. The molecule has 0 aromatic rings. The number of carbonyl (C=O) groups is 1. The standard InChI is InChI=1S/C6H11NO2.2ClH/c8-6(9)5-1-3-7-4-2-5;;/h5,7H,1-4H2,(H,8,9);2*1H. The van der Waals surface area contributed by atoms with Crippen molar-refractivity contribution < 1.29 is 9.90 Å². The van der Waals surface area contributed by atoms with E-state index in [-0.39, 0.29) is 30.7 Å². The Hall–Kier alpha value is 0.01000. The van der Waals surface area contributed by atoms with Gasteiger partial charge in [-0.15, -0.1) is 24.8 Å². The minimum atomic E-state index is -0.642. The van der Waals surface area contributed by atoms with Crippen molar-refractivity contribution >= 4 is 30.8 Å². The van der Waals surface area contributed by atoms with Gasteiger partial charge in [-0.1, -0.05) is 0 Å². The lowest BCUT2D eigenvalue weighted by Crippen LogP contribution is -2.31. The van der Waals surface area contributed by atoms with Crippen LogP contribution in [0.5, 0.6) is 0 Å². The number of carboxylic acid groups (broad SMARTS) is 1. The van der Waals surface area contributed by atoms with Crippen LogP contribution in [0.2, 0.25) is 0 Å². The second-order valence-corrected chi connectivity index (χ2v) is 2.36. The van der Waals surface area contributed by atoms with Crippen LogP contribution >= 0.6 is 24.8 Å². The fourth-order valence-electron chi connectivity index (χ4n) is 1.07. The van der Waals surface area contributed by atoms with Gasteiger partial charge in [0.25, 0.3) is 0 Å². The van der Waals surface area contributed by atoms with Gasteiger partial charge in [-0.25, -0.2) is 0 Å². The predicted molar refractivity (Wildman–Crippen MR) is 47.7 cm³/mol. The Labute approximate surface area is 78.4 Å². The van der Waals surface area contributed by atoms with E-state index in [1.165, 1.54) is 0 Å². The lowest BCUT2D eigenvalue weighted by molar-refractivity contribution is -0.142. The highest BCUT2D eigenvalue weighted by Crippen LogP contribution is 2.10. The van der Waals surface area contributed by atoms with Crippen LogP contribution in [0.1, 0.15) is 12.8 Å². The Morgan fingerprint density at radius 3 is 2.00 bits per heavy atom. The Morgan fingerprint density at radius 1 is 1.27 bits per heavy atom. The summed E-state index contributed by atoms with van der Waals surface area (Å²) < 4.78 is 0. The summed E-state index contributed by atoms with van der Waals surface area (Å²) in [5.74, 6) is -0.734. The van der Waals surface area contributed by atoms with Crippen molar-refractivity contribution in [2.24, 2.45) is 5.92 Å². The van der Waals surface area contributed by atoms with Crippen LogP contribution in [0, 0.1) is 5.92 Å². The SMILES string of the molecule is Cl.Cl.O=C(O)C1CCNCC1. The molecular weight excluding hydrogens is 189 g/mol. The number of hydrogen-bond acceptors (Lipinski definition) is 2. The van der Waals surface area contributed by atoms with Crippen molar-refractivity contribution in [1.29, 1.82) is 0 Å². The van der Waals surface area contributed by atoms with E-state index in [9.17, 15) is 4.79 Å². The molecule has 11 heavy (non-hydrogen) atoms. The van der Waals surface area contributed by atoms with E-state index in [1.807, 2.05) is 0 Å². The smallest absolute Gasteiger partial charge is 0.306 e. The van der Waals surface area contributed by atoms with Gasteiger partial charge < -0.3 is 10.4 Å². The van der Waals surface area contributed by atoms with E-state index >= 15 is 0 Å². The van der Waals surface area contributed by atoms with Gasteiger partial charge in [-0.2, -0.15) is 0 Å². The monoisotopic (exact) mass is 201 g/mol. The van der Waals surface area contributed by atoms with Crippen LogP contribution in [-0.2, 0) is 4.79 Å². The Kier molecular flexibility index (Phi) is 8.28. The van der Waals surface area contributed by atoms with Crippen LogP contribution in [0.15, 0.2) is 0 Å². The molecule has 0 aromatic heterocycles. The molecule has 68 valence electrons. The molecule has 3 nitrogen and oxygen atoms in total. The molecule has 0 aromatic carbocycles. The van der Waals surface area contributed by atoms with Gasteiger partial charge in [0.1, 0.15) is 0 Å². The fraction of sp³-hybridized carbons (Fsp3) is 0.833. The summed E-state index contributed by atoms with van der Waals surface area (Å²) in [6, 6.07) is 0. The summed E-state index contributed by atoms with van der Waals surface area (Å²) in [6.45, 7) is 1.72. The van der Waals surface area contributed by atoms with Gasteiger partial charge in [0, 0.05) is 0 Å². The molecule has 0 saturated carbocycles. The second kappa shape index (κ2) is 6.70. The molecule has 0 bridgehead atoms. The van der Waals surface area contributed by atoms with Gasteiger partial charge in [-0.05, 0) is 25.9 Å². The molecule has 0 atom stereocenters. The first-order chi connectivity index (χ1) is 4.30. The number of hydrogen-bond donors (Lipinski definition) is 2. The highest BCUT2D eigenvalue weighted by molar-refractivity contribution is 5.85. The van der Waals surface area contributed by atoms with Crippen LogP contribution in [-0.4, -0.2) is 24.2 Å². The van der Waals surface area contributed by atoms with Crippen molar-refractivity contribution in [2.75, 3.05) is 13.1 Å². The molecule has 0 unspecified atom stereocenters. The number of nitrogens with one attached hydrogen (secondary N) is 1. The van der Waals surface area contributed by atoms with Crippen molar-refractivity contribution in [2.45, 2.75) is 12.8 Å². The lowest BCUT2D eigenvalue weighted by Gasteiger charge is -2.17. The van der Waals surface area contributed by atoms with Gasteiger partial charge >= 0.3 is 5.97 Å². The third kappa shape index (κ3) is 4.45. The molecule has 1 saturated heterocycles. The van der Waals surface area contributed by atoms with Crippen molar-refractivity contribution in [3.05, 3.63) is 0 Å². The molecule has 1 fully saturated rings.